The Labute approximate surface area is 265 Å². The lowest BCUT2D eigenvalue weighted by Crippen LogP contribution is -2.65. The molecule has 0 radical (unpaired) electrons. The molecule has 4 amide bonds. The van der Waals surface area contributed by atoms with E-state index < -0.39 is 101 Å². The van der Waals surface area contributed by atoms with Crippen LogP contribution in [0, 0.1) is 5.92 Å². The number of nitrogens with two attached hydrogens (primary N) is 1. The van der Waals surface area contributed by atoms with Gasteiger partial charge < -0.3 is 31.7 Å². The second-order valence-electron chi connectivity index (χ2n) is 10.8. The van der Waals surface area contributed by atoms with Crippen molar-refractivity contribution in [2.75, 3.05) is 13.2 Å². The zero-order chi connectivity index (χ0) is 35.7. The maximum Gasteiger partial charge on any atom is 0.365 e. The zero-order valence-electron chi connectivity index (χ0n) is 25.1. The number of rotatable bonds is 16. The minimum atomic E-state index is -5.60. The molecule has 0 saturated heterocycles. The first-order valence-electron chi connectivity index (χ1n) is 13.9. The predicted molar refractivity (Wildman–Crippen MR) is 153 cm³/mol. The number of aliphatic hydroxyl groups excluding tert-OH is 1. The third kappa shape index (κ3) is 9.20. The summed E-state index contributed by atoms with van der Waals surface area (Å²) in [5.74, 6) is -20.8. The van der Waals surface area contributed by atoms with Gasteiger partial charge in [-0.2, -0.15) is 8.78 Å². The molecular weight excluding hydrogens is 641 g/mol. The molecule has 0 unspecified atom stereocenters. The fourth-order valence-corrected chi connectivity index (χ4v) is 4.33. The fourth-order valence-electron chi connectivity index (χ4n) is 4.33. The number of phenols is 1. The lowest BCUT2D eigenvalue weighted by molar-refractivity contribution is -0.337. The van der Waals surface area contributed by atoms with Crippen LogP contribution in [-0.4, -0.2) is 92.2 Å². The topological polar surface area (TPSA) is 203 Å². The van der Waals surface area contributed by atoms with Crippen molar-refractivity contribution in [2.45, 2.75) is 56.5 Å². The van der Waals surface area contributed by atoms with Crippen molar-refractivity contribution >= 4 is 29.6 Å². The van der Waals surface area contributed by atoms with Gasteiger partial charge in [0.25, 0.3) is 5.91 Å². The van der Waals surface area contributed by atoms with E-state index in [1.54, 1.807) is 0 Å². The molecule has 0 aliphatic heterocycles. The van der Waals surface area contributed by atoms with Crippen LogP contribution in [0.5, 0.6) is 5.75 Å². The smallest absolute Gasteiger partial charge is 0.365 e. The van der Waals surface area contributed by atoms with Gasteiger partial charge in [-0.05, 0) is 36.5 Å². The predicted octanol–water partition coefficient (Wildman–Crippen LogP) is 1.24. The average Bonchev–Trinajstić information content (AvgIpc) is 3.02. The van der Waals surface area contributed by atoms with Gasteiger partial charge in [-0.15, -0.1) is 0 Å². The molecule has 0 aliphatic carbocycles. The molecule has 13 nitrogen and oxygen atoms in total. The molecule has 2 rings (SSSR count). The Hall–Kier alpha value is -4.68. The number of nitrogens with one attached hydrogen (secondary N) is 2. The van der Waals surface area contributed by atoms with Crippen LogP contribution in [0.15, 0.2) is 54.6 Å². The third-order valence-corrected chi connectivity index (χ3v) is 6.81. The van der Waals surface area contributed by atoms with Crippen molar-refractivity contribution in [2.24, 2.45) is 11.7 Å². The number of halogens is 5. The van der Waals surface area contributed by atoms with Crippen molar-refractivity contribution in [3.63, 3.8) is 0 Å². The molecule has 258 valence electrons. The fraction of sp³-hybridized carbons (Fsp3) is 0.414. The van der Waals surface area contributed by atoms with Crippen LogP contribution in [0.4, 0.5) is 22.1 Å². The van der Waals surface area contributed by atoms with Gasteiger partial charge >= 0.3 is 17.7 Å². The van der Waals surface area contributed by atoms with E-state index in [0.717, 1.165) is 12.1 Å². The van der Waals surface area contributed by atoms with E-state index in [-0.39, 0.29) is 12.2 Å². The van der Waals surface area contributed by atoms with Crippen molar-refractivity contribution in [3.8, 4) is 5.75 Å². The molecule has 0 fully saturated rings. The van der Waals surface area contributed by atoms with Crippen LogP contribution in [0.3, 0.4) is 0 Å². The maximum absolute atomic E-state index is 15.8. The SMILES string of the molecule is CC(C)C[C@@H](C(=O)O)N(C(=O)CNC(=O)[C@@H](CO)NC(=O)[C@@H](N)Cc1ccc(O)cc1)C(=O)[C@@](F)(N(F)F)C(F)(F)c1ccccc1. The van der Waals surface area contributed by atoms with Gasteiger partial charge in [0.05, 0.1) is 24.5 Å². The van der Waals surface area contributed by atoms with E-state index in [0.29, 0.717) is 17.7 Å². The number of aliphatic hydroxyl groups is 1. The van der Waals surface area contributed by atoms with E-state index in [1.807, 2.05) is 5.32 Å². The Morgan fingerprint density at radius 1 is 0.936 bits per heavy atom. The summed E-state index contributed by atoms with van der Waals surface area (Å²) in [5.41, 5.74) is 4.94. The summed E-state index contributed by atoms with van der Waals surface area (Å²) in [4.78, 5) is 63.1. The van der Waals surface area contributed by atoms with E-state index in [4.69, 9.17) is 5.73 Å². The van der Waals surface area contributed by atoms with E-state index >= 15 is 13.2 Å². The number of hydrogen-bond acceptors (Lipinski definition) is 9. The number of phenolic OH excluding ortho intramolecular Hbond substituents is 1. The average molecular weight is 676 g/mol. The number of nitrogens with zero attached hydrogens (tertiary/aromatic N) is 2. The first-order chi connectivity index (χ1) is 21.9. The molecule has 18 heteroatoms. The molecule has 0 spiro atoms. The summed E-state index contributed by atoms with van der Waals surface area (Å²) in [7, 11) is 0. The summed E-state index contributed by atoms with van der Waals surface area (Å²) in [6.45, 7) is 0.234. The van der Waals surface area contributed by atoms with Crippen molar-refractivity contribution in [3.05, 3.63) is 65.7 Å². The first kappa shape index (κ1) is 38.5. The van der Waals surface area contributed by atoms with Gasteiger partial charge in [0.1, 0.15) is 17.8 Å². The Balaban J connectivity index is 2.34. The summed E-state index contributed by atoms with van der Waals surface area (Å²) < 4.78 is 74.4. The molecule has 2 aromatic rings. The minimum absolute atomic E-state index is 0.0497. The number of aliphatic carboxylic acids is 1. The molecular formula is C29H34F5N5O8. The highest BCUT2D eigenvalue weighted by molar-refractivity contribution is 6.04. The Kier molecular flexibility index (Phi) is 13.3. The molecule has 0 aliphatic rings. The standard InChI is InChI=1S/C29H34F5N5O8/c1-16(2)12-22(26(45)46)38(27(47)29(32,39(33)34)28(30,31)18-6-4-3-5-7-18)23(42)14-36-25(44)21(15-40)37-24(43)20(35)13-17-8-10-19(41)11-9-17/h3-11,16,20-22,40-41H,12-15,35H2,1-2H3,(H,36,44)(H,37,43)(H,45,46)/t20-,21+,22-,29+/m0/s1. The number of carbonyl (C=O) groups excluding carboxylic acids is 4. The zero-order valence-corrected chi connectivity index (χ0v) is 25.1. The maximum atomic E-state index is 15.8. The number of amides is 4. The van der Waals surface area contributed by atoms with E-state index in [2.05, 4.69) is 5.32 Å². The van der Waals surface area contributed by atoms with Crippen molar-refractivity contribution in [1.29, 1.82) is 0 Å². The molecule has 0 saturated carbocycles. The van der Waals surface area contributed by atoms with Gasteiger partial charge in [0.15, 0.2) is 0 Å². The van der Waals surface area contributed by atoms with E-state index in [1.165, 1.54) is 44.2 Å². The second kappa shape index (κ2) is 16.2. The van der Waals surface area contributed by atoms with Gasteiger partial charge in [-0.25, -0.2) is 9.18 Å². The van der Waals surface area contributed by atoms with Crippen LogP contribution in [0.2, 0.25) is 0 Å². The van der Waals surface area contributed by atoms with Crippen molar-refractivity contribution < 1.29 is 61.4 Å². The quantitative estimate of drug-likeness (QED) is 0.0854. The number of carboxylic acid groups (broad SMARTS) is 1. The summed E-state index contributed by atoms with van der Waals surface area (Å²) in [6.07, 6.45) is -0.771. The van der Waals surface area contributed by atoms with Crippen LogP contribution >= 0.6 is 0 Å². The number of alkyl halides is 3. The molecule has 0 heterocycles. The van der Waals surface area contributed by atoms with Crippen LogP contribution in [0.25, 0.3) is 0 Å². The lowest BCUT2D eigenvalue weighted by Gasteiger charge is -2.37. The monoisotopic (exact) mass is 675 g/mol. The minimum Gasteiger partial charge on any atom is -0.508 e. The van der Waals surface area contributed by atoms with Gasteiger partial charge in [-0.3, -0.25) is 24.1 Å². The summed E-state index contributed by atoms with van der Waals surface area (Å²) in [6, 6.07) is 4.19. The summed E-state index contributed by atoms with van der Waals surface area (Å²) in [5, 5.41) is 29.9. The highest BCUT2D eigenvalue weighted by Gasteiger charge is 2.70. The number of carbonyl (C=O) groups is 5. The Bertz CT molecular complexity index is 1420. The molecule has 0 aromatic heterocycles. The van der Waals surface area contributed by atoms with Gasteiger partial charge in [0.2, 0.25) is 17.7 Å². The number of imide groups is 1. The number of aromatic hydroxyl groups is 1. The largest absolute Gasteiger partial charge is 0.508 e. The number of carboxylic acids is 1. The third-order valence-electron chi connectivity index (χ3n) is 6.81. The first-order valence-corrected chi connectivity index (χ1v) is 13.9. The number of benzene rings is 2. The van der Waals surface area contributed by atoms with Gasteiger partial charge in [-0.1, -0.05) is 65.3 Å². The van der Waals surface area contributed by atoms with Crippen LogP contribution in [0.1, 0.15) is 31.4 Å². The summed E-state index contributed by atoms with van der Waals surface area (Å²) >= 11 is 0. The highest BCUT2D eigenvalue weighted by Crippen LogP contribution is 2.46. The lowest BCUT2D eigenvalue weighted by atomic mass is 9.95. The highest BCUT2D eigenvalue weighted by atomic mass is 19.4. The van der Waals surface area contributed by atoms with E-state index in [9.17, 15) is 48.3 Å². The second-order valence-corrected chi connectivity index (χ2v) is 10.8. The van der Waals surface area contributed by atoms with Crippen LogP contribution in [-0.2, 0) is 36.3 Å². The molecule has 47 heavy (non-hydrogen) atoms. The Morgan fingerprint density at radius 2 is 1.51 bits per heavy atom. The molecule has 0 bridgehead atoms. The molecule has 4 atom stereocenters. The molecule has 2 aromatic carbocycles. The molecule has 7 N–H and O–H groups in total. The Morgan fingerprint density at radius 3 is 2.00 bits per heavy atom. The van der Waals surface area contributed by atoms with Crippen LogP contribution < -0.4 is 16.4 Å². The van der Waals surface area contributed by atoms with Crippen molar-refractivity contribution in [1.82, 2.24) is 20.9 Å². The number of hydrogen-bond donors (Lipinski definition) is 6. The normalized spacial score (nSPS) is 14.9. The van der Waals surface area contributed by atoms with Gasteiger partial charge in [0, 0.05) is 5.56 Å².